The highest BCUT2D eigenvalue weighted by molar-refractivity contribution is 7.89. The summed E-state index contributed by atoms with van der Waals surface area (Å²) in [5, 5.41) is 18.7. The Morgan fingerprint density at radius 2 is 1.95 bits per heavy atom. The predicted molar refractivity (Wildman–Crippen MR) is 73.0 cm³/mol. The van der Waals surface area contributed by atoms with Crippen molar-refractivity contribution >= 4 is 44.9 Å². The molecule has 1 saturated heterocycles. The molecule has 1 aliphatic rings. The highest BCUT2D eigenvalue weighted by atomic mass is 35.5. The molecule has 0 atom stereocenters. The lowest BCUT2D eigenvalue weighted by molar-refractivity contribution is -0.384. The third kappa shape index (κ3) is 2.69. The van der Waals surface area contributed by atoms with Crippen LogP contribution in [0.3, 0.4) is 0 Å². The van der Waals surface area contributed by atoms with E-state index in [-0.39, 0.29) is 18.1 Å². The first kappa shape index (κ1) is 16.0. The minimum absolute atomic E-state index is 0.204. The van der Waals surface area contributed by atoms with Crippen LogP contribution in [0.1, 0.15) is 0 Å². The minimum atomic E-state index is -4.10. The zero-order valence-corrected chi connectivity index (χ0v) is 12.5. The van der Waals surface area contributed by atoms with Crippen molar-refractivity contribution < 1.29 is 23.2 Å². The van der Waals surface area contributed by atoms with Crippen LogP contribution in [0.15, 0.2) is 17.0 Å². The Morgan fingerprint density at radius 1 is 1.38 bits per heavy atom. The van der Waals surface area contributed by atoms with Gasteiger partial charge in [-0.2, -0.15) is 4.31 Å². The molecular weight excluding hydrogens is 347 g/mol. The number of nitro benzene ring substituents is 1. The fourth-order valence-corrected chi connectivity index (χ4v) is 4.21. The zero-order valence-electron chi connectivity index (χ0n) is 10.2. The number of sulfonamides is 1. The van der Waals surface area contributed by atoms with Crippen LogP contribution >= 0.6 is 23.2 Å². The molecule has 21 heavy (non-hydrogen) atoms. The van der Waals surface area contributed by atoms with Gasteiger partial charge in [0.2, 0.25) is 10.0 Å². The van der Waals surface area contributed by atoms with Crippen LogP contribution in [0.5, 0.6) is 0 Å². The molecule has 2 rings (SSSR count). The van der Waals surface area contributed by atoms with Gasteiger partial charge in [0.25, 0.3) is 0 Å². The van der Waals surface area contributed by atoms with E-state index in [1.54, 1.807) is 0 Å². The quantitative estimate of drug-likeness (QED) is 0.648. The van der Waals surface area contributed by atoms with E-state index >= 15 is 0 Å². The number of halogens is 2. The van der Waals surface area contributed by atoms with Crippen LogP contribution in [0, 0.1) is 16.0 Å². The van der Waals surface area contributed by atoms with Gasteiger partial charge >= 0.3 is 11.7 Å². The number of hydrogen-bond acceptors (Lipinski definition) is 5. The molecule has 0 aliphatic carbocycles. The van der Waals surface area contributed by atoms with Gasteiger partial charge < -0.3 is 5.11 Å². The minimum Gasteiger partial charge on any atom is -0.481 e. The third-order valence-corrected chi connectivity index (χ3v) is 5.70. The molecule has 0 bridgehead atoms. The van der Waals surface area contributed by atoms with Gasteiger partial charge in [-0.3, -0.25) is 14.9 Å². The van der Waals surface area contributed by atoms with Gasteiger partial charge in [0.15, 0.2) is 0 Å². The van der Waals surface area contributed by atoms with E-state index in [0.717, 1.165) is 16.4 Å². The smallest absolute Gasteiger partial charge is 0.309 e. The van der Waals surface area contributed by atoms with E-state index in [9.17, 15) is 23.3 Å². The molecule has 0 spiro atoms. The fraction of sp³-hybridized carbons (Fsp3) is 0.300. The van der Waals surface area contributed by atoms with E-state index in [4.69, 9.17) is 28.3 Å². The SMILES string of the molecule is O=C(O)C1CN(S(=O)(=O)c2ccc(Cl)c([N+](=O)[O-])c2Cl)C1. The van der Waals surface area contributed by atoms with E-state index in [2.05, 4.69) is 0 Å². The Hall–Kier alpha value is -1.42. The number of nitrogens with zero attached hydrogens (tertiary/aromatic N) is 2. The van der Waals surface area contributed by atoms with Crippen molar-refractivity contribution in [2.75, 3.05) is 13.1 Å². The van der Waals surface area contributed by atoms with Gasteiger partial charge in [-0.05, 0) is 12.1 Å². The second-order valence-corrected chi connectivity index (χ2v) is 7.01. The standard InChI is InChI=1S/C10H8Cl2N2O6S/c11-6-1-2-7(8(12)9(6)14(17)18)21(19,20)13-3-5(4-13)10(15)16/h1-2,5H,3-4H2,(H,15,16). The summed E-state index contributed by atoms with van der Waals surface area (Å²) in [5.41, 5.74) is -0.699. The van der Waals surface area contributed by atoms with Gasteiger partial charge in [0.1, 0.15) is 14.9 Å². The highest BCUT2D eigenvalue weighted by Gasteiger charge is 2.42. The van der Waals surface area contributed by atoms with E-state index in [1.165, 1.54) is 0 Å². The third-order valence-electron chi connectivity index (χ3n) is 3.03. The summed E-state index contributed by atoms with van der Waals surface area (Å²) in [4.78, 5) is 20.2. The Balaban J connectivity index is 2.41. The summed E-state index contributed by atoms with van der Waals surface area (Å²) in [6, 6.07) is 2.12. The van der Waals surface area contributed by atoms with Gasteiger partial charge in [0.05, 0.1) is 10.8 Å². The van der Waals surface area contributed by atoms with Crippen molar-refractivity contribution in [2.24, 2.45) is 5.92 Å². The maximum absolute atomic E-state index is 12.3. The molecule has 1 aliphatic heterocycles. The van der Waals surface area contributed by atoms with Gasteiger partial charge in [0, 0.05) is 13.1 Å². The van der Waals surface area contributed by atoms with Crippen molar-refractivity contribution in [3.8, 4) is 0 Å². The number of rotatable bonds is 4. The van der Waals surface area contributed by atoms with Crippen LogP contribution in [0.25, 0.3) is 0 Å². The number of aliphatic carboxylic acids is 1. The Kier molecular flexibility index (Phi) is 4.11. The monoisotopic (exact) mass is 354 g/mol. The van der Waals surface area contributed by atoms with Gasteiger partial charge in [-0.15, -0.1) is 0 Å². The number of carbonyl (C=O) groups is 1. The first-order chi connectivity index (χ1) is 9.66. The molecule has 1 aromatic rings. The predicted octanol–water partition coefficient (Wildman–Crippen LogP) is 1.61. The summed E-state index contributed by atoms with van der Waals surface area (Å²) in [7, 11) is -4.10. The van der Waals surface area contributed by atoms with E-state index in [1.807, 2.05) is 0 Å². The first-order valence-electron chi connectivity index (χ1n) is 5.51. The zero-order chi connectivity index (χ0) is 15.9. The molecule has 1 N–H and O–H groups in total. The van der Waals surface area contributed by atoms with Crippen molar-refractivity contribution in [1.82, 2.24) is 4.31 Å². The summed E-state index contributed by atoms with van der Waals surface area (Å²) < 4.78 is 25.4. The maximum atomic E-state index is 12.3. The number of benzene rings is 1. The topological polar surface area (TPSA) is 118 Å². The average molecular weight is 355 g/mol. The fourth-order valence-electron chi connectivity index (χ4n) is 1.82. The lowest BCUT2D eigenvalue weighted by atomic mass is 10.0. The summed E-state index contributed by atoms with van der Waals surface area (Å²) in [6.45, 7) is -0.408. The molecule has 1 heterocycles. The summed E-state index contributed by atoms with van der Waals surface area (Å²) >= 11 is 11.4. The normalized spacial score (nSPS) is 16.5. The maximum Gasteiger partial charge on any atom is 0.309 e. The molecule has 1 fully saturated rings. The highest BCUT2D eigenvalue weighted by Crippen LogP contribution is 2.39. The Labute approximate surface area is 129 Å². The number of carboxylic acid groups (broad SMARTS) is 1. The molecule has 1 aromatic carbocycles. The lowest BCUT2D eigenvalue weighted by Gasteiger charge is -2.35. The van der Waals surface area contributed by atoms with Crippen LogP contribution in [-0.4, -0.2) is 41.8 Å². The first-order valence-corrected chi connectivity index (χ1v) is 7.71. The Bertz CT molecular complexity index is 729. The molecule has 0 amide bonds. The van der Waals surface area contributed by atoms with Gasteiger partial charge in [-0.25, -0.2) is 8.42 Å². The van der Waals surface area contributed by atoms with Crippen molar-refractivity contribution in [1.29, 1.82) is 0 Å². The summed E-state index contributed by atoms with van der Waals surface area (Å²) in [5.74, 6) is -1.89. The summed E-state index contributed by atoms with van der Waals surface area (Å²) in [6.07, 6.45) is 0. The molecule has 114 valence electrons. The van der Waals surface area contributed by atoms with E-state index in [0.29, 0.717) is 0 Å². The molecule has 8 nitrogen and oxygen atoms in total. The molecule has 0 saturated carbocycles. The molecule has 0 radical (unpaired) electrons. The van der Waals surface area contributed by atoms with Gasteiger partial charge in [-0.1, -0.05) is 23.2 Å². The van der Waals surface area contributed by atoms with E-state index < -0.39 is 42.4 Å². The molecule has 0 unspecified atom stereocenters. The van der Waals surface area contributed by atoms with Crippen molar-refractivity contribution in [3.05, 3.63) is 32.3 Å². The second-order valence-electron chi connectivity index (χ2n) is 4.32. The average Bonchev–Trinajstić information content (AvgIpc) is 2.24. The lowest BCUT2D eigenvalue weighted by Crippen LogP contribution is -2.52. The molecule has 11 heteroatoms. The molecule has 0 aromatic heterocycles. The van der Waals surface area contributed by atoms with Crippen molar-refractivity contribution in [2.45, 2.75) is 4.90 Å². The van der Waals surface area contributed by atoms with Crippen LogP contribution in [0.2, 0.25) is 10.0 Å². The largest absolute Gasteiger partial charge is 0.481 e. The van der Waals surface area contributed by atoms with Crippen molar-refractivity contribution in [3.63, 3.8) is 0 Å². The second kappa shape index (κ2) is 5.41. The Morgan fingerprint density at radius 3 is 2.43 bits per heavy atom. The van der Waals surface area contributed by atoms with Crippen LogP contribution in [0.4, 0.5) is 5.69 Å². The number of nitro groups is 1. The molecular formula is C10H8Cl2N2O6S. The van der Waals surface area contributed by atoms with Crippen LogP contribution < -0.4 is 0 Å². The van der Waals surface area contributed by atoms with Crippen LogP contribution in [-0.2, 0) is 14.8 Å². The number of hydrogen-bond donors (Lipinski definition) is 1. The number of carboxylic acids is 1.